The molecule has 0 aliphatic heterocycles. The summed E-state index contributed by atoms with van der Waals surface area (Å²) < 4.78 is 0. The molecule has 1 fully saturated rings. The zero-order chi connectivity index (χ0) is 13.3. The van der Waals surface area contributed by atoms with Gasteiger partial charge in [-0.2, -0.15) is 0 Å². The van der Waals surface area contributed by atoms with Crippen LogP contribution < -0.4 is 0 Å². The Morgan fingerprint density at radius 1 is 0.895 bits per heavy atom. The van der Waals surface area contributed by atoms with Crippen molar-refractivity contribution in [3.8, 4) is 11.1 Å². The van der Waals surface area contributed by atoms with Crippen LogP contribution in [0.15, 0.2) is 61.2 Å². The van der Waals surface area contributed by atoms with E-state index in [-0.39, 0.29) is 0 Å². The van der Waals surface area contributed by atoms with E-state index in [2.05, 4.69) is 43.0 Å². The fourth-order valence-electron chi connectivity index (χ4n) is 2.58. The van der Waals surface area contributed by atoms with Crippen molar-refractivity contribution >= 4 is 5.57 Å². The molecule has 0 unspecified atom stereocenters. The summed E-state index contributed by atoms with van der Waals surface area (Å²) in [6, 6.07) is 18.6. The van der Waals surface area contributed by atoms with E-state index in [0.717, 1.165) is 30.4 Å². The number of hydrogen-bond acceptors (Lipinski definition) is 1. The Hall–Kier alpha value is -1.86. The summed E-state index contributed by atoms with van der Waals surface area (Å²) in [6.07, 6.45) is 2.77. The minimum atomic E-state index is -0.658. The van der Waals surface area contributed by atoms with Crippen LogP contribution in [0, 0.1) is 0 Å². The molecular weight excluding hydrogens is 232 g/mol. The summed E-state index contributed by atoms with van der Waals surface area (Å²) in [5.74, 6) is 0. The second-order valence-electron chi connectivity index (χ2n) is 5.31. The van der Waals surface area contributed by atoms with Crippen LogP contribution >= 0.6 is 0 Å². The van der Waals surface area contributed by atoms with Crippen LogP contribution in [0.2, 0.25) is 0 Å². The first-order valence-electron chi connectivity index (χ1n) is 6.77. The summed E-state index contributed by atoms with van der Waals surface area (Å²) in [5, 5.41) is 10.3. The van der Waals surface area contributed by atoms with Gasteiger partial charge in [0, 0.05) is 0 Å². The van der Waals surface area contributed by atoms with Crippen LogP contribution in [0.1, 0.15) is 24.8 Å². The van der Waals surface area contributed by atoms with E-state index < -0.39 is 5.60 Å². The molecule has 3 rings (SSSR count). The quantitative estimate of drug-likeness (QED) is 0.862. The Bertz CT molecular complexity index is 577. The topological polar surface area (TPSA) is 20.2 Å². The summed E-state index contributed by atoms with van der Waals surface area (Å²) in [6.45, 7) is 4.07. The van der Waals surface area contributed by atoms with Gasteiger partial charge in [-0.1, -0.05) is 61.2 Å². The molecule has 0 amide bonds. The molecule has 2 aromatic rings. The van der Waals surface area contributed by atoms with E-state index in [1.807, 2.05) is 18.2 Å². The van der Waals surface area contributed by atoms with Crippen molar-refractivity contribution in [1.29, 1.82) is 0 Å². The van der Waals surface area contributed by atoms with Gasteiger partial charge < -0.3 is 5.11 Å². The highest BCUT2D eigenvalue weighted by Crippen LogP contribution is 2.42. The SMILES string of the molecule is C=C(c1ccc(-c2ccccc2)cc1)C1(O)CCC1. The van der Waals surface area contributed by atoms with E-state index >= 15 is 0 Å². The van der Waals surface area contributed by atoms with Crippen molar-refractivity contribution in [2.24, 2.45) is 0 Å². The van der Waals surface area contributed by atoms with Gasteiger partial charge in [0.2, 0.25) is 0 Å². The first kappa shape index (κ1) is 12.2. The number of rotatable bonds is 3. The molecular formula is C18H18O. The van der Waals surface area contributed by atoms with Gasteiger partial charge in [-0.25, -0.2) is 0 Å². The summed E-state index contributed by atoms with van der Waals surface area (Å²) in [5.41, 5.74) is 3.65. The molecule has 1 heteroatoms. The average molecular weight is 250 g/mol. The van der Waals surface area contributed by atoms with Crippen molar-refractivity contribution < 1.29 is 5.11 Å². The monoisotopic (exact) mass is 250 g/mol. The van der Waals surface area contributed by atoms with Crippen molar-refractivity contribution in [2.45, 2.75) is 24.9 Å². The first-order valence-corrected chi connectivity index (χ1v) is 6.77. The molecule has 96 valence electrons. The van der Waals surface area contributed by atoms with E-state index in [1.54, 1.807) is 0 Å². The highest BCUT2D eigenvalue weighted by Gasteiger charge is 2.37. The van der Waals surface area contributed by atoms with Gasteiger partial charge in [-0.3, -0.25) is 0 Å². The number of aliphatic hydroxyl groups is 1. The maximum absolute atomic E-state index is 10.3. The highest BCUT2D eigenvalue weighted by molar-refractivity contribution is 5.73. The molecule has 1 nitrogen and oxygen atoms in total. The maximum Gasteiger partial charge on any atom is 0.0896 e. The van der Waals surface area contributed by atoms with Gasteiger partial charge >= 0.3 is 0 Å². The smallest absolute Gasteiger partial charge is 0.0896 e. The summed E-state index contributed by atoms with van der Waals surface area (Å²) >= 11 is 0. The Morgan fingerprint density at radius 3 is 2.00 bits per heavy atom. The van der Waals surface area contributed by atoms with E-state index in [9.17, 15) is 5.11 Å². The molecule has 1 aliphatic carbocycles. The average Bonchev–Trinajstić information content (AvgIpc) is 2.45. The second kappa shape index (κ2) is 4.67. The second-order valence-corrected chi connectivity index (χ2v) is 5.31. The molecule has 0 atom stereocenters. The molecule has 1 aliphatic rings. The molecule has 0 heterocycles. The van der Waals surface area contributed by atoms with Crippen molar-refractivity contribution in [3.05, 3.63) is 66.7 Å². The predicted octanol–water partition coefficient (Wildman–Crippen LogP) is 4.28. The maximum atomic E-state index is 10.3. The fourth-order valence-corrected chi connectivity index (χ4v) is 2.58. The third-order valence-electron chi connectivity index (χ3n) is 4.08. The van der Waals surface area contributed by atoms with Gasteiger partial charge in [-0.05, 0) is 41.5 Å². The molecule has 0 saturated heterocycles. The van der Waals surface area contributed by atoms with Crippen molar-refractivity contribution in [2.75, 3.05) is 0 Å². The molecule has 1 N–H and O–H groups in total. The highest BCUT2D eigenvalue weighted by atomic mass is 16.3. The van der Waals surface area contributed by atoms with Gasteiger partial charge in [0.1, 0.15) is 0 Å². The van der Waals surface area contributed by atoms with Gasteiger partial charge in [0.25, 0.3) is 0 Å². The molecule has 2 aromatic carbocycles. The zero-order valence-corrected chi connectivity index (χ0v) is 11.0. The molecule has 19 heavy (non-hydrogen) atoms. The van der Waals surface area contributed by atoms with Crippen LogP contribution in [-0.4, -0.2) is 10.7 Å². The van der Waals surface area contributed by atoms with Crippen LogP contribution in [-0.2, 0) is 0 Å². The lowest BCUT2D eigenvalue weighted by Crippen LogP contribution is -2.37. The Kier molecular flexibility index (Phi) is 3.00. The van der Waals surface area contributed by atoms with Crippen molar-refractivity contribution in [1.82, 2.24) is 0 Å². The molecule has 1 saturated carbocycles. The Balaban J connectivity index is 1.85. The fraction of sp³-hybridized carbons (Fsp3) is 0.222. The normalized spacial score (nSPS) is 16.7. The minimum absolute atomic E-state index is 0.658. The summed E-state index contributed by atoms with van der Waals surface area (Å²) in [7, 11) is 0. The van der Waals surface area contributed by atoms with Crippen LogP contribution in [0.3, 0.4) is 0 Å². The van der Waals surface area contributed by atoms with Crippen LogP contribution in [0.25, 0.3) is 16.7 Å². The lowest BCUT2D eigenvalue weighted by atomic mass is 9.73. The third kappa shape index (κ3) is 2.22. The van der Waals surface area contributed by atoms with Crippen LogP contribution in [0.4, 0.5) is 0 Å². The predicted molar refractivity (Wildman–Crippen MR) is 79.7 cm³/mol. The number of benzene rings is 2. The lowest BCUT2D eigenvalue weighted by Gasteiger charge is -2.38. The minimum Gasteiger partial charge on any atom is -0.385 e. The molecule has 0 spiro atoms. The van der Waals surface area contributed by atoms with Crippen molar-refractivity contribution in [3.63, 3.8) is 0 Å². The van der Waals surface area contributed by atoms with Crippen LogP contribution in [0.5, 0.6) is 0 Å². The first-order chi connectivity index (χ1) is 9.19. The standard InChI is InChI=1S/C18H18O/c1-14(18(19)12-5-13-18)15-8-10-17(11-9-15)16-6-3-2-4-7-16/h2-4,6-11,19H,1,5,12-13H2. The molecule has 0 aromatic heterocycles. The largest absolute Gasteiger partial charge is 0.385 e. The molecule has 0 bridgehead atoms. The lowest BCUT2D eigenvalue weighted by molar-refractivity contribution is 0.0247. The van der Waals surface area contributed by atoms with Gasteiger partial charge in [0.05, 0.1) is 5.60 Å². The Labute approximate surface area is 114 Å². The van der Waals surface area contributed by atoms with E-state index in [1.165, 1.54) is 11.1 Å². The third-order valence-corrected chi connectivity index (χ3v) is 4.08. The number of hydrogen-bond donors (Lipinski definition) is 1. The Morgan fingerprint density at radius 2 is 1.47 bits per heavy atom. The zero-order valence-electron chi connectivity index (χ0n) is 11.0. The van der Waals surface area contributed by atoms with E-state index in [0.29, 0.717) is 0 Å². The summed E-state index contributed by atoms with van der Waals surface area (Å²) in [4.78, 5) is 0. The van der Waals surface area contributed by atoms with Gasteiger partial charge in [-0.15, -0.1) is 0 Å². The molecule has 0 radical (unpaired) electrons. The van der Waals surface area contributed by atoms with E-state index in [4.69, 9.17) is 0 Å². The van der Waals surface area contributed by atoms with Gasteiger partial charge in [0.15, 0.2) is 0 Å².